The van der Waals surface area contributed by atoms with Crippen LogP contribution in [0, 0.1) is 5.82 Å². The second kappa shape index (κ2) is 7.54. The van der Waals surface area contributed by atoms with E-state index >= 15 is 0 Å². The number of halogens is 1. The molecule has 1 saturated heterocycles. The van der Waals surface area contributed by atoms with Crippen LogP contribution in [-0.2, 0) is 0 Å². The van der Waals surface area contributed by atoms with Gasteiger partial charge in [-0.3, -0.25) is 11.3 Å². The molecule has 1 aromatic carbocycles. The van der Waals surface area contributed by atoms with Crippen molar-refractivity contribution in [2.45, 2.75) is 29.9 Å². The average molecular weight is 316 g/mol. The van der Waals surface area contributed by atoms with Crippen molar-refractivity contribution in [3.63, 3.8) is 0 Å². The summed E-state index contributed by atoms with van der Waals surface area (Å²) in [7, 11) is 1.47. The van der Waals surface area contributed by atoms with Gasteiger partial charge >= 0.3 is 0 Å². The van der Waals surface area contributed by atoms with Crippen LogP contribution in [0.1, 0.15) is 24.9 Å². The minimum Gasteiger partial charge on any atom is -0.494 e. The smallest absolute Gasteiger partial charge is 0.165 e. The topological polar surface area (TPSA) is 47.3 Å². The average Bonchev–Trinajstić information content (AvgIpc) is 2.49. The molecule has 1 fully saturated rings. The van der Waals surface area contributed by atoms with E-state index in [0.717, 1.165) is 17.7 Å². The number of ether oxygens (including phenoxy) is 1. The Morgan fingerprint density at radius 3 is 2.80 bits per heavy atom. The van der Waals surface area contributed by atoms with E-state index in [0.29, 0.717) is 10.5 Å². The monoisotopic (exact) mass is 316 g/mol. The summed E-state index contributed by atoms with van der Waals surface area (Å²) >= 11 is 3.91. The zero-order valence-corrected chi connectivity index (χ0v) is 13.4. The summed E-state index contributed by atoms with van der Waals surface area (Å²) in [6.45, 7) is 2.19. The van der Waals surface area contributed by atoms with Gasteiger partial charge in [-0.2, -0.15) is 23.5 Å². The molecular formula is C14H21FN2OS2. The van der Waals surface area contributed by atoms with Gasteiger partial charge in [0.2, 0.25) is 0 Å². The molecule has 3 nitrogen and oxygen atoms in total. The van der Waals surface area contributed by atoms with E-state index in [1.54, 1.807) is 6.07 Å². The largest absolute Gasteiger partial charge is 0.494 e. The van der Waals surface area contributed by atoms with E-state index in [1.807, 2.05) is 29.6 Å². The molecule has 0 bridgehead atoms. The van der Waals surface area contributed by atoms with Crippen molar-refractivity contribution in [2.24, 2.45) is 5.84 Å². The SMILES string of the molecule is CCC1SCCSC1C(NN)c1ccc(OC)c(F)c1. The maximum atomic E-state index is 13.9. The number of benzene rings is 1. The first-order chi connectivity index (χ1) is 9.71. The van der Waals surface area contributed by atoms with Crippen LogP contribution in [0.15, 0.2) is 18.2 Å². The van der Waals surface area contributed by atoms with Gasteiger partial charge in [-0.15, -0.1) is 0 Å². The number of methoxy groups -OCH3 is 1. The van der Waals surface area contributed by atoms with E-state index in [4.69, 9.17) is 10.6 Å². The fourth-order valence-electron chi connectivity index (χ4n) is 2.50. The molecule has 0 aliphatic carbocycles. The van der Waals surface area contributed by atoms with Gasteiger partial charge in [-0.05, 0) is 24.1 Å². The quantitative estimate of drug-likeness (QED) is 0.646. The highest BCUT2D eigenvalue weighted by atomic mass is 32.2. The fraction of sp³-hybridized carbons (Fsp3) is 0.571. The molecule has 20 heavy (non-hydrogen) atoms. The first-order valence-electron chi connectivity index (χ1n) is 6.74. The molecule has 3 N–H and O–H groups in total. The molecule has 0 amide bonds. The molecule has 2 rings (SSSR count). The van der Waals surface area contributed by atoms with E-state index < -0.39 is 0 Å². The summed E-state index contributed by atoms with van der Waals surface area (Å²) in [4.78, 5) is 0. The van der Waals surface area contributed by atoms with Crippen LogP contribution in [0.5, 0.6) is 5.75 Å². The normalized spacial score (nSPS) is 24.4. The molecular weight excluding hydrogens is 295 g/mol. The lowest BCUT2D eigenvalue weighted by Gasteiger charge is -2.35. The summed E-state index contributed by atoms with van der Waals surface area (Å²) in [5.41, 5.74) is 3.75. The Bertz CT molecular complexity index is 447. The van der Waals surface area contributed by atoms with Gasteiger partial charge in [-0.1, -0.05) is 13.0 Å². The fourth-order valence-corrected chi connectivity index (χ4v) is 5.74. The summed E-state index contributed by atoms with van der Waals surface area (Å²) in [6.07, 6.45) is 1.10. The van der Waals surface area contributed by atoms with Gasteiger partial charge in [0.1, 0.15) is 0 Å². The number of hydrogen-bond donors (Lipinski definition) is 2. The van der Waals surface area contributed by atoms with Crippen molar-refractivity contribution in [1.82, 2.24) is 5.43 Å². The summed E-state index contributed by atoms with van der Waals surface area (Å²) in [6, 6.07) is 5.03. The van der Waals surface area contributed by atoms with Gasteiger partial charge in [0.25, 0.3) is 0 Å². The zero-order valence-electron chi connectivity index (χ0n) is 11.8. The van der Waals surface area contributed by atoms with E-state index in [2.05, 4.69) is 12.3 Å². The van der Waals surface area contributed by atoms with Gasteiger partial charge in [-0.25, -0.2) is 4.39 Å². The van der Waals surface area contributed by atoms with Gasteiger partial charge in [0.15, 0.2) is 11.6 Å². The second-order valence-electron chi connectivity index (χ2n) is 4.69. The van der Waals surface area contributed by atoms with Crippen LogP contribution >= 0.6 is 23.5 Å². The van der Waals surface area contributed by atoms with Gasteiger partial charge in [0, 0.05) is 22.0 Å². The maximum Gasteiger partial charge on any atom is 0.165 e. The molecule has 1 aromatic rings. The highest BCUT2D eigenvalue weighted by molar-refractivity contribution is 8.07. The van der Waals surface area contributed by atoms with Crippen LogP contribution in [0.2, 0.25) is 0 Å². The third-order valence-electron chi connectivity index (χ3n) is 3.54. The van der Waals surface area contributed by atoms with Crippen molar-refractivity contribution in [1.29, 1.82) is 0 Å². The van der Waals surface area contributed by atoms with Crippen LogP contribution in [0.3, 0.4) is 0 Å². The Morgan fingerprint density at radius 2 is 2.20 bits per heavy atom. The number of thioether (sulfide) groups is 2. The van der Waals surface area contributed by atoms with Crippen LogP contribution in [0.4, 0.5) is 4.39 Å². The van der Waals surface area contributed by atoms with Crippen molar-refractivity contribution >= 4 is 23.5 Å². The lowest BCUT2D eigenvalue weighted by atomic mass is 10.0. The van der Waals surface area contributed by atoms with Gasteiger partial charge < -0.3 is 4.74 Å². The number of hydrogen-bond acceptors (Lipinski definition) is 5. The highest BCUT2D eigenvalue weighted by Gasteiger charge is 2.32. The molecule has 0 aromatic heterocycles. The van der Waals surface area contributed by atoms with E-state index in [1.165, 1.54) is 18.9 Å². The van der Waals surface area contributed by atoms with E-state index in [9.17, 15) is 4.39 Å². The van der Waals surface area contributed by atoms with Crippen LogP contribution in [-0.4, -0.2) is 29.1 Å². The number of hydrazine groups is 1. The predicted molar refractivity (Wildman–Crippen MR) is 85.8 cm³/mol. The highest BCUT2D eigenvalue weighted by Crippen LogP contribution is 2.40. The standard InChI is InChI=1S/C14H21FN2OS2/c1-3-12-14(20-7-6-19-12)13(17-16)9-4-5-11(18-2)10(15)8-9/h4-5,8,12-14,17H,3,6-7,16H2,1-2H3. The maximum absolute atomic E-state index is 13.9. The lowest BCUT2D eigenvalue weighted by Crippen LogP contribution is -2.41. The molecule has 0 saturated carbocycles. The Balaban J connectivity index is 2.24. The Kier molecular flexibility index (Phi) is 6.01. The third kappa shape index (κ3) is 3.42. The minimum atomic E-state index is -0.341. The molecule has 0 radical (unpaired) electrons. The van der Waals surface area contributed by atoms with E-state index in [-0.39, 0.29) is 17.6 Å². The molecule has 1 aliphatic rings. The van der Waals surface area contributed by atoms with Crippen molar-refractivity contribution < 1.29 is 9.13 Å². The summed E-state index contributed by atoms with van der Waals surface area (Å²) < 4.78 is 18.9. The number of nitrogens with one attached hydrogen (secondary N) is 1. The van der Waals surface area contributed by atoms with Crippen molar-refractivity contribution in [2.75, 3.05) is 18.6 Å². The molecule has 1 heterocycles. The van der Waals surface area contributed by atoms with Crippen molar-refractivity contribution in [3.8, 4) is 5.75 Å². The molecule has 6 heteroatoms. The van der Waals surface area contributed by atoms with Crippen molar-refractivity contribution in [3.05, 3.63) is 29.6 Å². The second-order valence-corrected chi connectivity index (χ2v) is 7.32. The predicted octanol–water partition coefficient (Wildman–Crippen LogP) is 2.97. The van der Waals surface area contributed by atoms with Crippen LogP contribution in [0.25, 0.3) is 0 Å². The first-order valence-corrected chi connectivity index (χ1v) is 8.83. The molecule has 0 spiro atoms. The number of nitrogens with two attached hydrogens (primary N) is 1. The Labute approximate surface area is 128 Å². The third-order valence-corrected chi connectivity index (χ3v) is 6.89. The molecule has 3 atom stereocenters. The summed E-state index contributed by atoms with van der Waals surface area (Å²) in [5, 5.41) is 0.900. The first kappa shape index (κ1) is 15.9. The molecule has 112 valence electrons. The van der Waals surface area contributed by atoms with Crippen LogP contribution < -0.4 is 16.0 Å². The Hall–Kier alpha value is -0.430. The van der Waals surface area contributed by atoms with Gasteiger partial charge in [0.05, 0.1) is 13.2 Å². The number of rotatable bonds is 5. The zero-order chi connectivity index (χ0) is 14.5. The lowest BCUT2D eigenvalue weighted by molar-refractivity contribution is 0.385. The molecule has 1 aliphatic heterocycles. The minimum absolute atomic E-state index is 0.0434. The summed E-state index contributed by atoms with van der Waals surface area (Å²) in [5.74, 6) is 7.96. The molecule has 3 unspecified atom stereocenters. The Morgan fingerprint density at radius 1 is 1.45 bits per heavy atom.